The van der Waals surface area contributed by atoms with Crippen molar-refractivity contribution >= 4 is 40.7 Å². The van der Waals surface area contributed by atoms with Gasteiger partial charge in [0.05, 0.1) is 6.61 Å². The second-order valence-electron chi connectivity index (χ2n) is 5.76. The molecule has 0 saturated heterocycles. The van der Waals surface area contributed by atoms with Gasteiger partial charge in [0.1, 0.15) is 5.75 Å². The standard InChI is InChI=1S/C18H25N3O.HI/c1-14(2)13-21-18(19)20-10-5-11-22-17-9-8-15-6-3-4-7-16(15)12-17;/h3-4,6-9,12,14H,5,10-11,13H2,1-2H3,(H3,19,20,21);1H. The molecule has 0 aliphatic heterocycles. The van der Waals surface area contributed by atoms with Crippen LogP contribution in [0.2, 0.25) is 0 Å². The van der Waals surface area contributed by atoms with Crippen LogP contribution in [0.3, 0.4) is 0 Å². The van der Waals surface area contributed by atoms with E-state index in [4.69, 9.17) is 10.5 Å². The van der Waals surface area contributed by atoms with Gasteiger partial charge < -0.3 is 15.8 Å². The average molecular weight is 427 g/mol. The first-order valence-electron chi connectivity index (χ1n) is 7.80. The molecule has 126 valence electrons. The molecule has 0 radical (unpaired) electrons. The summed E-state index contributed by atoms with van der Waals surface area (Å²) in [6.45, 7) is 6.42. The highest BCUT2D eigenvalue weighted by Crippen LogP contribution is 2.20. The third-order valence-corrected chi connectivity index (χ3v) is 3.24. The Kier molecular flexibility index (Phi) is 8.76. The van der Waals surface area contributed by atoms with Crippen LogP contribution in [0.5, 0.6) is 5.75 Å². The third-order valence-electron chi connectivity index (χ3n) is 3.24. The molecule has 0 amide bonds. The summed E-state index contributed by atoms with van der Waals surface area (Å²) < 4.78 is 5.77. The molecular formula is C18H26IN3O. The molecule has 0 aromatic heterocycles. The van der Waals surface area contributed by atoms with Crippen molar-refractivity contribution in [2.24, 2.45) is 16.6 Å². The average Bonchev–Trinajstić information content (AvgIpc) is 2.52. The minimum Gasteiger partial charge on any atom is -0.494 e. The summed E-state index contributed by atoms with van der Waals surface area (Å²) in [6, 6.07) is 14.4. The Labute approximate surface area is 155 Å². The molecule has 0 bridgehead atoms. The molecule has 2 aromatic carbocycles. The number of nitrogens with two attached hydrogens (primary N) is 1. The third kappa shape index (κ3) is 7.07. The Morgan fingerprint density at radius 2 is 1.91 bits per heavy atom. The summed E-state index contributed by atoms with van der Waals surface area (Å²) >= 11 is 0. The second-order valence-corrected chi connectivity index (χ2v) is 5.76. The van der Waals surface area contributed by atoms with Gasteiger partial charge in [0.2, 0.25) is 0 Å². The van der Waals surface area contributed by atoms with E-state index in [-0.39, 0.29) is 24.0 Å². The highest BCUT2D eigenvalue weighted by molar-refractivity contribution is 14.0. The number of halogens is 1. The molecule has 0 atom stereocenters. The van der Waals surface area contributed by atoms with Crippen LogP contribution in [0.4, 0.5) is 0 Å². The van der Waals surface area contributed by atoms with E-state index in [1.165, 1.54) is 10.8 Å². The summed E-state index contributed by atoms with van der Waals surface area (Å²) in [5.74, 6) is 1.94. The fourth-order valence-electron chi connectivity index (χ4n) is 2.07. The van der Waals surface area contributed by atoms with Crippen molar-refractivity contribution in [3.05, 3.63) is 42.5 Å². The van der Waals surface area contributed by atoms with E-state index in [1.54, 1.807) is 0 Å². The summed E-state index contributed by atoms with van der Waals surface area (Å²) in [5, 5.41) is 5.53. The highest BCUT2D eigenvalue weighted by atomic mass is 127. The predicted molar refractivity (Wildman–Crippen MR) is 109 cm³/mol. The van der Waals surface area contributed by atoms with Crippen LogP contribution < -0.4 is 15.8 Å². The molecule has 0 heterocycles. The van der Waals surface area contributed by atoms with Gasteiger partial charge in [-0.15, -0.1) is 24.0 Å². The van der Waals surface area contributed by atoms with E-state index < -0.39 is 0 Å². The Bertz CT molecular complexity index is 628. The van der Waals surface area contributed by atoms with E-state index in [0.29, 0.717) is 18.5 Å². The molecule has 2 aromatic rings. The summed E-state index contributed by atoms with van der Waals surface area (Å²) in [5.41, 5.74) is 5.78. The van der Waals surface area contributed by atoms with Gasteiger partial charge in [-0.05, 0) is 35.2 Å². The van der Waals surface area contributed by atoms with Gasteiger partial charge >= 0.3 is 0 Å². The Morgan fingerprint density at radius 1 is 1.17 bits per heavy atom. The second kappa shape index (κ2) is 10.3. The lowest BCUT2D eigenvalue weighted by Gasteiger charge is -2.09. The monoisotopic (exact) mass is 427 g/mol. The number of rotatable bonds is 7. The summed E-state index contributed by atoms with van der Waals surface area (Å²) in [7, 11) is 0. The lowest BCUT2D eigenvalue weighted by molar-refractivity contribution is 0.311. The van der Waals surface area contributed by atoms with Crippen molar-refractivity contribution in [3.8, 4) is 5.75 Å². The largest absolute Gasteiger partial charge is 0.494 e. The minimum absolute atomic E-state index is 0. The molecule has 0 aliphatic carbocycles. The Hall–Kier alpha value is -1.50. The quantitative estimate of drug-likeness (QED) is 0.306. The molecule has 23 heavy (non-hydrogen) atoms. The maximum Gasteiger partial charge on any atom is 0.188 e. The smallest absolute Gasteiger partial charge is 0.188 e. The van der Waals surface area contributed by atoms with Gasteiger partial charge in [0, 0.05) is 13.1 Å². The van der Waals surface area contributed by atoms with E-state index in [0.717, 1.165) is 25.3 Å². The van der Waals surface area contributed by atoms with Crippen LogP contribution in [-0.4, -0.2) is 25.7 Å². The van der Waals surface area contributed by atoms with Crippen LogP contribution >= 0.6 is 24.0 Å². The molecule has 4 nitrogen and oxygen atoms in total. The number of benzene rings is 2. The number of hydrogen-bond acceptors (Lipinski definition) is 2. The van der Waals surface area contributed by atoms with E-state index >= 15 is 0 Å². The lowest BCUT2D eigenvalue weighted by Crippen LogP contribution is -2.33. The van der Waals surface area contributed by atoms with Crippen molar-refractivity contribution in [1.29, 1.82) is 0 Å². The normalized spacial score (nSPS) is 11.3. The summed E-state index contributed by atoms with van der Waals surface area (Å²) in [4.78, 5) is 4.26. The first-order chi connectivity index (χ1) is 10.6. The van der Waals surface area contributed by atoms with E-state index in [2.05, 4.69) is 48.4 Å². The molecule has 5 heteroatoms. The zero-order valence-electron chi connectivity index (χ0n) is 13.8. The van der Waals surface area contributed by atoms with Crippen molar-refractivity contribution in [1.82, 2.24) is 5.32 Å². The molecule has 3 N–H and O–H groups in total. The van der Waals surface area contributed by atoms with Gasteiger partial charge in [-0.2, -0.15) is 0 Å². The van der Waals surface area contributed by atoms with Crippen LogP contribution in [0, 0.1) is 5.92 Å². The zero-order chi connectivity index (χ0) is 15.8. The van der Waals surface area contributed by atoms with Crippen molar-refractivity contribution in [2.75, 3.05) is 19.7 Å². The Morgan fingerprint density at radius 3 is 2.65 bits per heavy atom. The molecule has 0 aliphatic rings. The number of nitrogens with zero attached hydrogens (tertiary/aromatic N) is 1. The van der Waals surface area contributed by atoms with Gasteiger partial charge in [-0.3, -0.25) is 4.99 Å². The lowest BCUT2D eigenvalue weighted by atomic mass is 10.1. The van der Waals surface area contributed by atoms with Crippen LogP contribution in [0.25, 0.3) is 10.8 Å². The maximum absolute atomic E-state index is 5.78. The predicted octanol–water partition coefficient (Wildman–Crippen LogP) is 3.79. The zero-order valence-corrected chi connectivity index (χ0v) is 16.1. The highest BCUT2D eigenvalue weighted by Gasteiger charge is 1.98. The van der Waals surface area contributed by atoms with Crippen molar-refractivity contribution < 1.29 is 4.74 Å². The number of hydrogen-bond donors (Lipinski definition) is 2. The van der Waals surface area contributed by atoms with Gasteiger partial charge in [0.15, 0.2) is 5.96 Å². The maximum atomic E-state index is 5.78. The number of aliphatic imine (C=N–C) groups is 1. The molecular weight excluding hydrogens is 401 g/mol. The Balaban J connectivity index is 0.00000264. The fraction of sp³-hybridized carbons (Fsp3) is 0.389. The number of ether oxygens (including phenoxy) is 1. The van der Waals surface area contributed by atoms with Crippen molar-refractivity contribution in [3.63, 3.8) is 0 Å². The number of nitrogens with one attached hydrogen (secondary N) is 1. The van der Waals surface area contributed by atoms with Crippen LogP contribution in [0.1, 0.15) is 20.3 Å². The van der Waals surface area contributed by atoms with Gasteiger partial charge in [-0.1, -0.05) is 44.2 Å². The topological polar surface area (TPSA) is 59.6 Å². The fourth-order valence-corrected chi connectivity index (χ4v) is 2.07. The van der Waals surface area contributed by atoms with Crippen molar-refractivity contribution in [2.45, 2.75) is 20.3 Å². The van der Waals surface area contributed by atoms with Crippen LogP contribution in [0.15, 0.2) is 47.5 Å². The summed E-state index contributed by atoms with van der Waals surface area (Å²) in [6.07, 6.45) is 0.880. The number of fused-ring (bicyclic) bond motifs is 1. The SMILES string of the molecule is CC(C)CN=C(N)NCCCOc1ccc2ccccc2c1.I. The molecule has 0 saturated carbocycles. The molecule has 0 spiro atoms. The number of guanidine groups is 1. The van der Waals surface area contributed by atoms with Gasteiger partial charge in [0.25, 0.3) is 0 Å². The van der Waals surface area contributed by atoms with E-state index in [9.17, 15) is 0 Å². The first-order valence-corrected chi connectivity index (χ1v) is 7.80. The first kappa shape index (κ1) is 19.5. The van der Waals surface area contributed by atoms with Crippen LogP contribution in [-0.2, 0) is 0 Å². The molecule has 0 unspecified atom stereocenters. The molecule has 0 fully saturated rings. The minimum atomic E-state index is 0. The van der Waals surface area contributed by atoms with E-state index in [1.807, 2.05) is 18.2 Å². The molecule has 2 rings (SSSR count). The van der Waals surface area contributed by atoms with Gasteiger partial charge in [-0.25, -0.2) is 0 Å².